The van der Waals surface area contributed by atoms with Crippen LogP contribution in [-0.4, -0.2) is 4.37 Å². The van der Waals surface area contributed by atoms with Gasteiger partial charge < -0.3 is 0 Å². The van der Waals surface area contributed by atoms with Gasteiger partial charge >= 0.3 is 0 Å². The molecule has 0 saturated heterocycles. The Kier molecular flexibility index (Phi) is 2.76. The molecule has 1 aromatic carbocycles. The van der Waals surface area contributed by atoms with Crippen molar-refractivity contribution in [2.24, 2.45) is 0 Å². The van der Waals surface area contributed by atoms with Gasteiger partial charge in [-0.25, -0.2) is 4.37 Å². The Bertz CT molecular complexity index is 384. The zero-order chi connectivity index (χ0) is 9.10. The summed E-state index contributed by atoms with van der Waals surface area (Å²) >= 11 is 5.08. The second-order valence-electron chi connectivity index (χ2n) is 2.75. The largest absolute Gasteiger partial charge is 0.201 e. The average Bonchev–Trinajstić information content (AvgIpc) is 2.61. The molecule has 0 aliphatic carbocycles. The number of hydrogen-bond donors (Lipinski definition) is 0. The molecule has 1 heterocycles. The molecule has 0 bridgehead atoms. The molecule has 0 fully saturated rings. The first kappa shape index (κ1) is 8.91. The number of aromatic nitrogens is 1. The normalized spacial score (nSPS) is 10.2. The smallest absolute Gasteiger partial charge is 0.0409 e. The van der Waals surface area contributed by atoms with Crippen molar-refractivity contribution in [2.45, 2.75) is 6.42 Å². The monoisotopic (exact) mass is 253 g/mol. The summed E-state index contributed by atoms with van der Waals surface area (Å²) in [6, 6.07) is 10.3. The highest BCUT2D eigenvalue weighted by Gasteiger charge is 2.00. The van der Waals surface area contributed by atoms with Crippen LogP contribution in [0.1, 0.15) is 10.4 Å². The summed E-state index contributed by atoms with van der Waals surface area (Å²) in [6.07, 6.45) is 2.81. The van der Waals surface area contributed by atoms with Crippen LogP contribution in [-0.2, 0) is 6.42 Å². The van der Waals surface area contributed by atoms with Gasteiger partial charge in [-0.15, -0.1) is 0 Å². The van der Waals surface area contributed by atoms with E-state index < -0.39 is 0 Å². The predicted molar refractivity (Wildman–Crippen MR) is 59.1 cm³/mol. The maximum absolute atomic E-state index is 4.07. The standard InChI is InChI=1S/C10H8BrNS/c11-10-4-2-1-3-8(10)7-9-5-6-12-13-9/h1-6H,7H2. The molecule has 0 spiro atoms. The van der Waals surface area contributed by atoms with Gasteiger partial charge in [0.15, 0.2) is 0 Å². The molecule has 66 valence electrons. The number of hydrogen-bond acceptors (Lipinski definition) is 2. The maximum Gasteiger partial charge on any atom is 0.0409 e. The minimum Gasteiger partial charge on any atom is -0.201 e. The highest BCUT2D eigenvalue weighted by atomic mass is 79.9. The molecule has 1 nitrogen and oxygen atoms in total. The zero-order valence-corrected chi connectivity index (χ0v) is 9.31. The molecule has 0 unspecified atom stereocenters. The van der Waals surface area contributed by atoms with Crippen LogP contribution in [0, 0.1) is 0 Å². The van der Waals surface area contributed by atoms with Crippen LogP contribution in [0.5, 0.6) is 0 Å². The van der Waals surface area contributed by atoms with Crippen molar-refractivity contribution in [2.75, 3.05) is 0 Å². The Balaban J connectivity index is 2.24. The average molecular weight is 254 g/mol. The van der Waals surface area contributed by atoms with Crippen molar-refractivity contribution in [1.29, 1.82) is 0 Å². The van der Waals surface area contributed by atoms with Crippen LogP contribution >= 0.6 is 27.5 Å². The summed E-state index contributed by atoms with van der Waals surface area (Å²) in [6.45, 7) is 0. The second-order valence-corrected chi connectivity index (χ2v) is 4.52. The fraction of sp³-hybridized carbons (Fsp3) is 0.100. The van der Waals surface area contributed by atoms with Crippen molar-refractivity contribution in [3.8, 4) is 0 Å². The van der Waals surface area contributed by atoms with Gasteiger partial charge in [0.2, 0.25) is 0 Å². The van der Waals surface area contributed by atoms with Crippen LogP contribution in [0.4, 0.5) is 0 Å². The van der Waals surface area contributed by atoms with Gasteiger partial charge in [-0.3, -0.25) is 0 Å². The van der Waals surface area contributed by atoms with Gasteiger partial charge in [0, 0.05) is 22.0 Å². The van der Waals surface area contributed by atoms with Gasteiger partial charge in [-0.1, -0.05) is 34.1 Å². The highest BCUT2D eigenvalue weighted by molar-refractivity contribution is 9.10. The lowest BCUT2D eigenvalue weighted by atomic mass is 10.1. The lowest BCUT2D eigenvalue weighted by molar-refractivity contribution is 1.22. The first-order chi connectivity index (χ1) is 6.36. The predicted octanol–water partition coefficient (Wildman–Crippen LogP) is 3.50. The first-order valence-electron chi connectivity index (χ1n) is 3.99. The summed E-state index contributed by atoms with van der Waals surface area (Å²) in [5.74, 6) is 0. The summed E-state index contributed by atoms with van der Waals surface area (Å²) in [4.78, 5) is 1.30. The van der Waals surface area contributed by atoms with Gasteiger partial charge in [0.1, 0.15) is 0 Å². The zero-order valence-electron chi connectivity index (χ0n) is 6.90. The molecule has 2 rings (SSSR count). The van der Waals surface area contributed by atoms with Crippen molar-refractivity contribution in [3.05, 3.63) is 51.4 Å². The lowest BCUT2D eigenvalue weighted by Gasteiger charge is -2.00. The summed E-state index contributed by atoms with van der Waals surface area (Å²) < 4.78 is 5.24. The van der Waals surface area contributed by atoms with Gasteiger partial charge in [0.05, 0.1) is 0 Å². The van der Waals surface area contributed by atoms with Gasteiger partial charge in [-0.05, 0) is 29.2 Å². The van der Waals surface area contributed by atoms with Crippen molar-refractivity contribution in [3.63, 3.8) is 0 Å². The molecule has 0 aliphatic rings. The number of rotatable bonds is 2. The fourth-order valence-electron chi connectivity index (χ4n) is 1.16. The summed E-state index contributed by atoms with van der Waals surface area (Å²) in [5.41, 5.74) is 1.31. The van der Waals surface area contributed by atoms with E-state index in [4.69, 9.17) is 0 Å². The second kappa shape index (κ2) is 4.03. The van der Waals surface area contributed by atoms with Crippen molar-refractivity contribution >= 4 is 27.5 Å². The van der Waals surface area contributed by atoms with Crippen molar-refractivity contribution < 1.29 is 0 Å². The number of benzene rings is 1. The van der Waals surface area contributed by atoms with Crippen LogP contribution in [0.3, 0.4) is 0 Å². The van der Waals surface area contributed by atoms with E-state index in [2.05, 4.69) is 44.6 Å². The fourth-order valence-corrected chi connectivity index (χ4v) is 2.19. The molecule has 0 aliphatic heterocycles. The molecular weight excluding hydrogens is 246 g/mol. The van der Waals surface area contributed by atoms with E-state index in [1.165, 1.54) is 14.9 Å². The Morgan fingerprint density at radius 2 is 2.08 bits per heavy atom. The third kappa shape index (κ3) is 2.17. The molecule has 0 N–H and O–H groups in total. The number of nitrogens with zero attached hydrogens (tertiary/aromatic N) is 1. The van der Waals surface area contributed by atoms with E-state index in [1.807, 2.05) is 12.3 Å². The Labute approximate surface area is 89.7 Å². The molecule has 1 aromatic heterocycles. The van der Waals surface area contributed by atoms with Crippen molar-refractivity contribution in [1.82, 2.24) is 4.37 Å². The SMILES string of the molecule is Brc1ccccc1Cc1ccns1. The minimum absolute atomic E-state index is 0.964. The van der Waals surface area contributed by atoms with E-state index in [9.17, 15) is 0 Å². The Morgan fingerprint density at radius 1 is 1.23 bits per heavy atom. The van der Waals surface area contributed by atoms with Crippen LogP contribution < -0.4 is 0 Å². The molecule has 0 saturated carbocycles. The highest BCUT2D eigenvalue weighted by Crippen LogP contribution is 2.20. The Morgan fingerprint density at radius 3 is 2.77 bits per heavy atom. The van der Waals surface area contributed by atoms with E-state index >= 15 is 0 Å². The molecule has 13 heavy (non-hydrogen) atoms. The van der Waals surface area contributed by atoms with E-state index in [1.54, 1.807) is 11.5 Å². The lowest BCUT2D eigenvalue weighted by Crippen LogP contribution is -1.85. The van der Waals surface area contributed by atoms with E-state index in [-0.39, 0.29) is 0 Å². The Hall–Kier alpha value is -0.670. The third-order valence-corrected chi connectivity index (χ3v) is 3.33. The van der Waals surface area contributed by atoms with E-state index in [0.717, 1.165) is 6.42 Å². The third-order valence-electron chi connectivity index (χ3n) is 1.81. The molecule has 0 radical (unpaired) electrons. The van der Waals surface area contributed by atoms with Gasteiger partial charge in [-0.2, -0.15) is 0 Å². The quantitative estimate of drug-likeness (QED) is 0.799. The molecule has 3 heteroatoms. The first-order valence-corrected chi connectivity index (χ1v) is 5.56. The summed E-state index contributed by atoms with van der Waals surface area (Å²) in [7, 11) is 0. The molecule has 0 atom stereocenters. The van der Waals surface area contributed by atoms with Crippen LogP contribution in [0.2, 0.25) is 0 Å². The topological polar surface area (TPSA) is 12.9 Å². The molecular formula is C10H8BrNS. The van der Waals surface area contributed by atoms with Crippen LogP contribution in [0.15, 0.2) is 41.0 Å². The minimum atomic E-state index is 0.964. The van der Waals surface area contributed by atoms with Gasteiger partial charge in [0.25, 0.3) is 0 Å². The summed E-state index contributed by atoms with van der Waals surface area (Å²) in [5, 5.41) is 0. The molecule has 0 amide bonds. The molecule has 2 aromatic rings. The van der Waals surface area contributed by atoms with E-state index in [0.29, 0.717) is 0 Å². The van der Waals surface area contributed by atoms with Crippen LogP contribution in [0.25, 0.3) is 0 Å². The maximum atomic E-state index is 4.07. The number of halogens is 1.